The molecule has 0 unspecified atom stereocenters. The van der Waals surface area contributed by atoms with E-state index >= 15 is 0 Å². The summed E-state index contributed by atoms with van der Waals surface area (Å²) in [6.07, 6.45) is 4.85. The first kappa shape index (κ1) is 19.2. The molecule has 2 aromatic rings. The topological polar surface area (TPSA) is 112 Å². The zero-order valence-electron chi connectivity index (χ0n) is 16.1. The van der Waals surface area contributed by atoms with E-state index in [0.717, 1.165) is 38.3 Å². The van der Waals surface area contributed by atoms with Gasteiger partial charge in [-0.25, -0.2) is 4.98 Å². The Morgan fingerprint density at radius 1 is 1.33 bits per heavy atom. The molecule has 0 radical (unpaired) electrons. The molecule has 0 bridgehead atoms. The van der Waals surface area contributed by atoms with Crippen molar-refractivity contribution in [1.29, 1.82) is 5.41 Å². The molecule has 3 heterocycles. The van der Waals surface area contributed by atoms with Gasteiger partial charge >= 0.3 is 0 Å². The lowest BCUT2D eigenvalue weighted by Gasteiger charge is -2.26. The SMILES string of the molecule is CCNc1ncc(-c2nc(CN(C)C)no2)c(NC2CCOCC2)c1C=N. The summed E-state index contributed by atoms with van der Waals surface area (Å²) >= 11 is 0. The van der Waals surface area contributed by atoms with Crippen LogP contribution in [0.3, 0.4) is 0 Å². The van der Waals surface area contributed by atoms with Crippen molar-refractivity contribution in [3.63, 3.8) is 0 Å². The van der Waals surface area contributed by atoms with E-state index in [-0.39, 0.29) is 6.04 Å². The minimum absolute atomic E-state index is 0.261. The highest BCUT2D eigenvalue weighted by molar-refractivity contribution is 5.97. The Labute approximate surface area is 159 Å². The molecule has 3 N–H and O–H groups in total. The fourth-order valence-corrected chi connectivity index (χ4v) is 3.05. The minimum atomic E-state index is 0.261. The lowest BCUT2D eigenvalue weighted by atomic mass is 10.0. The predicted octanol–water partition coefficient (Wildman–Crippen LogP) is 2.21. The Bertz CT molecular complexity index is 769. The fraction of sp³-hybridized carbons (Fsp3) is 0.556. The van der Waals surface area contributed by atoms with Crippen LogP contribution in [0, 0.1) is 5.41 Å². The summed E-state index contributed by atoms with van der Waals surface area (Å²) in [5.74, 6) is 1.68. The van der Waals surface area contributed by atoms with Gasteiger partial charge < -0.3 is 30.2 Å². The van der Waals surface area contributed by atoms with Gasteiger partial charge in [-0.1, -0.05) is 5.16 Å². The molecule has 0 aliphatic carbocycles. The molecule has 0 saturated carbocycles. The van der Waals surface area contributed by atoms with Crippen molar-refractivity contribution in [3.8, 4) is 11.5 Å². The summed E-state index contributed by atoms with van der Waals surface area (Å²) in [6.45, 7) is 4.77. The largest absolute Gasteiger partial charge is 0.381 e. The quantitative estimate of drug-likeness (QED) is 0.604. The average molecular weight is 373 g/mol. The number of nitrogens with one attached hydrogen (secondary N) is 3. The number of aromatic nitrogens is 3. The van der Waals surface area contributed by atoms with E-state index in [9.17, 15) is 0 Å². The highest BCUT2D eigenvalue weighted by atomic mass is 16.5. The molecule has 146 valence electrons. The van der Waals surface area contributed by atoms with Crippen LogP contribution in [0.2, 0.25) is 0 Å². The van der Waals surface area contributed by atoms with Crippen molar-refractivity contribution in [1.82, 2.24) is 20.0 Å². The molecular weight excluding hydrogens is 346 g/mol. The number of anilines is 2. The smallest absolute Gasteiger partial charge is 0.261 e. The highest BCUT2D eigenvalue weighted by Gasteiger charge is 2.23. The molecule has 1 fully saturated rings. The van der Waals surface area contributed by atoms with Crippen LogP contribution >= 0.6 is 0 Å². The van der Waals surface area contributed by atoms with Gasteiger partial charge in [0.05, 0.1) is 23.4 Å². The molecule has 0 aromatic carbocycles. The van der Waals surface area contributed by atoms with Crippen molar-refractivity contribution in [2.45, 2.75) is 32.4 Å². The van der Waals surface area contributed by atoms with Crippen LogP contribution in [0.1, 0.15) is 31.2 Å². The molecule has 0 atom stereocenters. The molecule has 27 heavy (non-hydrogen) atoms. The molecule has 9 nitrogen and oxygen atoms in total. The minimum Gasteiger partial charge on any atom is -0.381 e. The van der Waals surface area contributed by atoms with Crippen LogP contribution in [0.15, 0.2) is 10.7 Å². The number of ether oxygens (including phenoxy) is 1. The predicted molar refractivity (Wildman–Crippen MR) is 104 cm³/mol. The number of hydrogen-bond donors (Lipinski definition) is 3. The molecular formula is C18H27N7O2. The number of rotatable bonds is 8. The highest BCUT2D eigenvalue weighted by Crippen LogP contribution is 2.33. The van der Waals surface area contributed by atoms with Gasteiger partial charge in [0.2, 0.25) is 0 Å². The maximum atomic E-state index is 7.93. The number of nitrogens with zero attached hydrogens (tertiary/aromatic N) is 4. The summed E-state index contributed by atoms with van der Waals surface area (Å²) in [6, 6.07) is 0.261. The maximum Gasteiger partial charge on any atom is 0.261 e. The van der Waals surface area contributed by atoms with E-state index < -0.39 is 0 Å². The van der Waals surface area contributed by atoms with Crippen LogP contribution in [0.25, 0.3) is 11.5 Å². The number of hydrogen-bond acceptors (Lipinski definition) is 9. The van der Waals surface area contributed by atoms with E-state index in [0.29, 0.717) is 35.2 Å². The second-order valence-electron chi connectivity index (χ2n) is 6.77. The summed E-state index contributed by atoms with van der Waals surface area (Å²) in [5.41, 5.74) is 2.19. The molecule has 1 aliphatic heterocycles. The van der Waals surface area contributed by atoms with Gasteiger partial charge in [-0.05, 0) is 33.9 Å². The second-order valence-corrected chi connectivity index (χ2v) is 6.77. The van der Waals surface area contributed by atoms with Gasteiger partial charge in [0.1, 0.15) is 5.82 Å². The molecule has 2 aromatic heterocycles. The van der Waals surface area contributed by atoms with Crippen LogP contribution in [0.4, 0.5) is 11.5 Å². The molecule has 1 saturated heterocycles. The van der Waals surface area contributed by atoms with Crippen molar-refractivity contribution in [3.05, 3.63) is 17.6 Å². The molecule has 0 spiro atoms. The molecule has 1 aliphatic rings. The zero-order valence-corrected chi connectivity index (χ0v) is 16.1. The van der Waals surface area contributed by atoms with Gasteiger partial charge in [0, 0.05) is 38.2 Å². The van der Waals surface area contributed by atoms with Crippen molar-refractivity contribution < 1.29 is 9.26 Å². The van der Waals surface area contributed by atoms with Crippen molar-refractivity contribution >= 4 is 17.7 Å². The third kappa shape index (κ3) is 4.61. The summed E-state index contributed by atoms with van der Waals surface area (Å²) in [4.78, 5) is 11.0. The Morgan fingerprint density at radius 3 is 2.78 bits per heavy atom. The maximum absolute atomic E-state index is 7.93. The van der Waals surface area contributed by atoms with Crippen LogP contribution in [-0.4, -0.2) is 66.1 Å². The van der Waals surface area contributed by atoms with Gasteiger partial charge in [0.25, 0.3) is 5.89 Å². The van der Waals surface area contributed by atoms with Crippen LogP contribution in [0.5, 0.6) is 0 Å². The van der Waals surface area contributed by atoms with E-state index in [4.69, 9.17) is 14.7 Å². The van der Waals surface area contributed by atoms with Gasteiger partial charge in [-0.15, -0.1) is 0 Å². The first-order valence-electron chi connectivity index (χ1n) is 9.21. The zero-order chi connectivity index (χ0) is 19.2. The van der Waals surface area contributed by atoms with Gasteiger partial charge in [0.15, 0.2) is 5.82 Å². The van der Waals surface area contributed by atoms with E-state index in [1.165, 1.54) is 6.21 Å². The molecule has 9 heteroatoms. The monoisotopic (exact) mass is 373 g/mol. The van der Waals surface area contributed by atoms with Crippen molar-refractivity contribution in [2.24, 2.45) is 0 Å². The first-order chi connectivity index (χ1) is 13.1. The van der Waals surface area contributed by atoms with Gasteiger partial charge in [-0.3, -0.25) is 0 Å². The molecule has 3 rings (SSSR count). The van der Waals surface area contributed by atoms with E-state index in [1.807, 2.05) is 25.9 Å². The average Bonchev–Trinajstić information content (AvgIpc) is 3.10. The number of pyridine rings is 1. The summed E-state index contributed by atoms with van der Waals surface area (Å²) < 4.78 is 10.9. The van der Waals surface area contributed by atoms with Gasteiger partial charge in [-0.2, -0.15) is 4.98 Å². The van der Waals surface area contributed by atoms with E-state index in [1.54, 1.807) is 6.20 Å². The summed E-state index contributed by atoms with van der Waals surface area (Å²) in [5, 5.41) is 18.8. The fourth-order valence-electron chi connectivity index (χ4n) is 3.05. The Morgan fingerprint density at radius 2 is 2.11 bits per heavy atom. The van der Waals surface area contributed by atoms with Crippen LogP contribution < -0.4 is 10.6 Å². The Balaban J connectivity index is 2.00. The Hall–Kier alpha value is -2.52. The standard InChI is InChI=1S/C18H27N7O2/c1-4-20-17-13(9-19)16(22-12-5-7-26-8-6-12)14(10-21-17)18-23-15(24-27-18)11-25(2)3/h9-10,12,19H,4-8,11H2,1-3H3,(H2,20,21,22). The lowest BCUT2D eigenvalue weighted by molar-refractivity contribution is 0.0904. The van der Waals surface area contributed by atoms with Crippen molar-refractivity contribution in [2.75, 3.05) is 44.5 Å². The lowest BCUT2D eigenvalue weighted by Crippen LogP contribution is -2.28. The van der Waals surface area contributed by atoms with E-state index in [2.05, 4.69) is 25.8 Å². The normalized spacial score (nSPS) is 15.1. The van der Waals surface area contributed by atoms with Crippen LogP contribution in [-0.2, 0) is 11.3 Å². The second kappa shape index (κ2) is 8.92. The third-order valence-corrected chi connectivity index (χ3v) is 4.33. The summed E-state index contributed by atoms with van der Waals surface area (Å²) in [7, 11) is 3.90. The first-order valence-corrected chi connectivity index (χ1v) is 9.21. The third-order valence-electron chi connectivity index (χ3n) is 4.33. The molecule has 0 amide bonds. The Kier molecular flexibility index (Phi) is 6.36.